The molecular formula is C10H5F5N2O. The Bertz CT molecular complexity index is 582. The van der Waals surface area contributed by atoms with Gasteiger partial charge in [-0.25, -0.2) is 26.9 Å². The van der Waals surface area contributed by atoms with E-state index in [1.54, 1.807) is 0 Å². The molecule has 0 bridgehead atoms. The molecule has 1 heterocycles. The molecule has 0 saturated carbocycles. The van der Waals surface area contributed by atoms with Crippen molar-refractivity contribution in [2.24, 2.45) is 5.73 Å². The summed E-state index contributed by atoms with van der Waals surface area (Å²) in [4.78, 5) is 3.51. The molecule has 0 amide bonds. The van der Waals surface area contributed by atoms with Gasteiger partial charge in [0.05, 0.1) is 18.3 Å². The lowest BCUT2D eigenvalue weighted by atomic mass is 10.1. The van der Waals surface area contributed by atoms with Crippen LogP contribution in [0, 0.1) is 29.1 Å². The number of nitrogens with zero attached hydrogens (tertiary/aromatic N) is 1. The fourth-order valence-electron chi connectivity index (χ4n) is 1.34. The minimum absolute atomic E-state index is 0.0889. The molecule has 0 radical (unpaired) electrons. The van der Waals surface area contributed by atoms with Crippen molar-refractivity contribution in [3.63, 3.8) is 0 Å². The summed E-state index contributed by atoms with van der Waals surface area (Å²) in [5, 5.41) is 0. The molecule has 0 aliphatic heterocycles. The lowest BCUT2D eigenvalue weighted by Crippen LogP contribution is -2.03. The van der Waals surface area contributed by atoms with Crippen LogP contribution in [0.4, 0.5) is 22.0 Å². The number of rotatable bonds is 2. The number of aromatic nitrogens is 1. The highest BCUT2D eigenvalue weighted by molar-refractivity contribution is 5.58. The predicted octanol–water partition coefficient (Wildman–Crippen LogP) is 2.50. The molecule has 0 spiro atoms. The van der Waals surface area contributed by atoms with Crippen molar-refractivity contribution >= 4 is 0 Å². The van der Waals surface area contributed by atoms with Gasteiger partial charge < -0.3 is 10.2 Å². The van der Waals surface area contributed by atoms with Crippen molar-refractivity contribution in [2.75, 3.05) is 0 Å². The van der Waals surface area contributed by atoms with Crippen LogP contribution in [0.3, 0.4) is 0 Å². The Morgan fingerprint density at radius 3 is 1.89 bits per heavy atom. The summed E-state index contributed by atoms with van der Waals surface area (Å²) in [6.07, 6.45) is 0.834. The highest BCUT2D eigenvalue weighted by atomic mass is 19.2. The van der Waals surface area contributed by atoms with E-state index in [2.05, 4.69) is 4.98 Å². The van der Waals surface area contributed by atoms with Crippen molar-refractivity contribution < 1.29 is 26.4 Å². The van der Waals surface area contributed by atoms with Gasteiger partial charge in [-0.3, -0.25) is 0 Å². The highest BCUT2D eigenvalue weighted by Crippen LogP contribution is 2.31. The summed E-state index contributed by atoms with van der Waals surface area (Å²) >= 11 is 0. The fourth-order valence-corrected chi connectivity index (χ4v) is 1.34. The number of oxazole rings is 1. The van der Waals surface area contributed by atoms with Crippen LogP contribution in [-0.4, -0.2) is 4.98 Å². The molecule has 0 unspecified atom stereocenters. The second-order valence-corrected chi connectivity index (χ2v) is 3.27. The van der Waals surface area contributed by atoms with E-state index in [0.29, 0.717) is 0 Å². The van der Waals surface area contributed by atoms with E-state index in [9.17, 15) is 22.0 Å². The monoisotopic (exact) mass is 264 g/mol. The van der Waals surface area contributed by atoms with Crippen molar-refractivity contribution in [3.8, 4) is 11.3 Å². The van der Waals surface area contributed by atoms with Gasteiger partial charge >= 0.3 is 0 Å². The molecule has 0 atom stereocenters. The smallest absolute Gasteiger partial charge is 0.208 e. The van der Waals surface area contributed by atoms with E-state index < -0.39 is 40.4 Å². The van der Waals surface area contributed by atoms with E-state index in [-0.39, 0.29) is 12.4 Å². The molecule has 1 aromatic heterocycles. The SMILES string of the molecule is NCc1ncc(-c2c(F)c(F)c(F)c(F)c2F)o1. The highest BCUT2D eigenvalue weighted by Gasteiger charge is 2.28. The van der Waals surface area contributed by atoms with Gasteiger partial charge in [0.15, 0.2) is 29.0 Å². The maximum Gasteiger partial charge on any atom is 0.208 e. The molecule has 2 rings (SSSR count). The van der Waals surface area contributed by atoms with Gasteiger partial charge in [-0.15, -0.1) is 0 Å². The second kappa shape index (κ2) is 4.37. The Labute approximate surface area is 97.0 Å². The number of nitrogens with two attached hydrogens (primary N) is 1. The standard InChI is InChI=1S/C10H5F5N2O/c11-6-5(3-2-17-4(1-16)18-3)7(12)9(14)10(15)8(6)13/h2H,1,16H2. The van der Waals surface area contributed by atoms with E-state index >= 15 is 0 Å². The number of hydrogen-bond donors (Lipinski definition) is 1. The van der Waals surface area contributed by atoms with Gasteiger partial charge in [0.2, 0.25) is 11.7 Å². The van der Waals surface area contributed by atoms with Crippen LogP contribution in [0.25, 0.3) is 11.3 Å². The molecular weight excluding hydrogens is 259 g/mol. The van der Waals surface area contributed by atoms with Crippen molar-refractivity contribution in [1.82, 2.24) is 4.98 Å². The molecule has 0 aliphatic carbocycles. The maximum atomic E-state index is 13.4. The quantitative estimate of drug-likeness (QED) is 0.515. The van der Waals surface area contributed by atoms with E-state index in [1.165, 1.54) is 0 Å². The van der Waals surface area contributed by atoms with Gasteiger partial charge in [-0.2, -0.15) is 0 Å². The first-order chi connectivity index (χ1) is 8.47. The average molecular weight is 264 g/mol. The zero-order valence-corrected chi connectivity index (χ0v) is 8.61. The molecule has 8 heteroatoms. The first-order valence-corrected chi connectivity index (χ1v) is 4.64. The lowest BCUT2D eigenvalue weighted by molar-refractivity contribution is 0.378. The summed E-state index contributed by atoms with van der Waals surface area (Å²) < 4.78 is 70.1. The van der Waals surface area contributed by atoms with Gasteiger partial charge in [-0.1, -0.05) is 0 Å². The fraction of sp³-hybridized carbons (Fsp3) is 0.100. The minimum atomic E-state index is -2.23. The largest absolute Gasteiger partial charge is 0.439 e. The minimum Gasteiger partial charge on any atom is -0.439 e. The van der Waals surface area contributed by atoms with E-state index in [0.717, 1.165) is 6.20 Å². The Kier molecular flexibility index (Phi) is 3.04. The Balaban J connectivity index is 2.71. The van der Waals surface area contributed by atoms with Crippen LogP contribution in [0.15, 0.2) is 10.6 Å². The van der Waals surface area contributed by atoms with Gasteiger partial charge in [0.25, 0.3) is 0 Å². The third-order valence-corrected chi connectivity index (χ3v) is 2.18. The zero-order valence-electron chi connectivity index (χ0n) is 8.61. The summed E-state index contributed by atoms with van der Waals surface area (Å²) in [6, 6.07) is 0. The topological polar surface area (TPSA) is 52.0 Å². The maximum absolute atomic E-state index is 13.4. The lowest BCUT2D eigenvalue weighted by Gasteiger charge is -2.05. The van der Waals surface area contributed by atoms with Gasteiger partial charge in [0.1, 0.15) is 0 Å². The van der Waals surface area contributed by atoms with Gasteiger partial charge in [0, 0.05) is 0 Å². The predicted molar refractivity (Wildman–Crippen MR) is 49.6 cm³/mol. The van der Waals surface area contributed by atoms with E-state index in [4.69, 9.17) is 10.2 Å². The molecule has 0 aliphatic rings. The van der Waals surface area contributed by atoms with Crippen LogP contribution < -0.4 is 5.73 Å². The molecule has 2 aromatic rings. The van der Waals surface area contributed by atoms with Crippen LogP contribution in [0.5, 0.6) is 0 Å². The second-order valence-electron chi connectivity index (χ2n) is 3.27. The molecule has 2 N–H and O–H groups in total. The molecule has 0 fully saturated rings. The molecule has 0 saturated heterocycles. The molecule has 1 aromatic carbocycles. The van der Waals surface area contributed by atoms with Crippen LogP contribution >= 0.6 is 0 Å². The van der Waals surface area contributed by atoms with Crippen molar-refractivity contribution in [2.45, 2.75) is 6.54 Å². The average Bonchev–Trinajstić information content (AvgIpc) is 2.83. The third kappa shape index (κ3) is 1.74. The third-order valence-electron chi connectivity index (χ3n) is 2.18. The Hall–Kier alpha value is -1.96. The van der Waals surface area contributed by atoms with Crippen LogP contribution in [0.1, 0.15) is 5.89 Å². The first-order valence-electron chi connectivity index (χ1n) is 4.64. The summed E-state index contributed by atoms with van der Waals surface area (Å²) in [7, 11) is 0. The summed E-state index contributed by atoms with van der Waals surface area (Å²) in [5.74, 6) is -11.0. The number of halogens is 5. The molecule has 96 valence electrons. The van der Waals surface area contributed by atoms with Crippen molar-refractivity contribution in [3.05, 3.63) is 41.2 Å². The molecule has 3 nitrogen and oxygen atoms in total. The van der Waals surface area contributed by atoms with E-state index in [1.807, 2.05) is 0 Å². The number of hydrogen-bond acceptors (Lipinski definition) is 3. The van der Waals surface area contributed by atoms with Crippen molar-refractivity contribution in [1.29, 1.82) is 0 Å². The van der Waals surface area contributed by atoms with Gasteiger partial charge in [-0.05, 0) is 0 Å². The Morgan fingerprint density at radius 2 is 1.44 bits per heavy atom. The molecule has 18 heavy (non-hydrogen) atoms. The number of benzene rings is 1. The first kappa shape index (κ1) is 12.5. The summed E-state index contributed by atoms with van der Waals surface area (Å²) in [5.41, 5.74) is 3.98. The van der Waals surface area contributed by atoms with Crippen LogP contribution in [0.2, 0.25) is 0 Å². The zero-order chi connectivity index (χ0) is 13.4. The summed E-state index contributed by atoms with van der Waals surface area (Å²) in [6.45, 7) is -0.171. The van der Waals surface area contributed by atoms with Crippen LogP contribution in [-0.2, 0) is 6.54 Å². The normalized spacial score (nSPS) is 11.0. The Morgan fingerprint density at radius 1 is 0.944 bits per heavy atom.